The Morgan fingerprint density at radius 1 is 1.04 bits per heavy atom. The molecule has 0 unspecified atom stereocenters. The number of nitrogens with zero attached hydrogens (tertiary/aromatic N) is 2. The van der Waals surface area contributed by atoms with Crippen LogP contribution in [0, 0.1) is 13.8 Å². The molecule has 1 aromatic rings. The zero-order chi connectivity index (χ0) is 17.9. The highest BCUT2D eigenvalue weighted by atomic mass is 19.3. The molecule has 1 aliphatic rings. The Balaban J connectivity index is 2.16. The van der Waals surface area contributed by atoms with Crippen LogP contribution in [0.4, 0.5) is 8.78 Å². The summed E-state index contributed by atoms with van der Waals surface area (Å²) in [6.07, 6.45) is 0.718. The first-order valence-electron chi connectivity index (χ1n) is 7.90. The topological polar surface area (TPSA) is 49.9 Å². The zero-order valence-electron chi connectivity index (χ0n) is 14.1. The maximum absolute atomic E-state index is 12.7. The van der Waals surface area contributed by atoms with Gasteiger partial charge in [0.05, 0.1) is 0 Å². The Bertz CT molecular complexity index is 611. The first-order chi connectivity index (χ1) is 11.3. The van der Waals surface area contributed by atoms with Gasteiger partial charge < -0.3 is 14.5 Å². The van der Waals surface area contributed by atoms with Crippen LogP contribution in [0.3, 0.4) is 0 Å². The van der Waals surface area contributed by atoms with Gasteiger partial charge in [-0.1, -0.05) is 0 Å². The van der Waals surface area contributed by atoms with Crippen molar-refractivity contribution in [3.8, 4) is 5.75 Å². The van der Waals surface area contributed by atoms with Gasteiger partial charge in [-0.15, -0.1) is 0 Å². The predicted octanol–water partition coefficient (Wildman–Crippen LogP) is 2.60. The third-order valence-corrected chi connectivity index (χ3v) is 4.14. The van der Waals surface area contributed by atoms with Gasteiger partial charge in [-0.3, -0.25) is 9.59 Å². The van der Waals surface area contributed by atoms with Crippen LogP contribution in [0.5, 0.6) is 5.75 Å². The minimum atomic E-state index is -2.90. The lowest BCUT2D eigenvalue weighted by Gasteiger charge is -2.22. The fraction of sp³-hybridized carbons (Fsp3) is 0.529. The van der Waals surface area contributed by atoms with Gasteiger partial charge in [0.25, 0.3) is 5.91 Å². The molecule has 0 saturated carbocycles. The van der Waals surface area contributed by atoms with Crippen LogP contribution in [-0.2, 0) is 4.79 Å². The SMILES string of the molecule is CC(=O)N1CCCN(C(=O)c2cc(C)c(OC(F)F)c(C)c2)CC1. The molecule has 24 heavy (non-hydrogen) atoms. The molecule has 1 aromatic carbocycles. The number of rotatable bonds is 3. The molecule has 0 atom stereocenters. The second-order valence-electron chi connectivity index (χ2n) is 5.97. The molecule has 2 rings (SSSR count). The second kappa shape index (κ2) is 7.59. The normalized spacial score (nSPS) is 15.4. The molecule has 5 nitrogen and oxygen atoms in total. The Kier molecular flexibility index (Phi) is 5.75. The minimum Gasteiger partial charge on any atom is -0.434 e. The summed E-state index contributed by atoms with van der Waals surface area (Å²) in [6.45, 7) is 4.08. The molecule has 0 aliphatic carbocycles. The van der Waals surface area contributed by atoms with Crippen molar-refractivity contribution in [2.75, 3.05) is 26.2 Å². The third-order valence-electron chi connectivity index (χ3n) is 4.14. The number of amides is 2. The van der Waals surface area contributed by atoms with Crippen molar-refractivity contribution in [1.29, 1.82) is 0 Å². The van der Waals surface area contributed by atoms with E-state index in [2.05, 4.69) is 4.74 Å². The molecule has 7 heteroatoms. The van der Waals surface area contributed by atoms with Gasteiger partial charge in [0.1, 0.15) is 5.75 Å². The Hall–Kier alpha value is -2.18. The fourth-order valence-corrected chi connectivity index (χ4v) is 2.97. The third kappa shape index (κ3) is 4.21. The summed E-state index contributed by atoms with van der Waals surface area (Å²) in [7, 11) is 0. The van der Waals surface area contributed by atoms with E-state index in [1.807, 2.05) is 0 Å². The van der Waals surface area contributed by atoms with E-state index in [4.69, 9.17) is 0 Å². The van der Waals surface area contributed by atoms with E-state index in [9.17, 15) is 18.4 Å². The van der Waals surface area contributed by atoms with Crippen LogP contribution < -0.4 is 4.74 Å². The standard InChI is InChI=1S/C17H22F2N2O3/c1-11-9-14(10-12(2)15(11)24-17(18)19)16(23)21-6-4-5-20(7-8-21)13(3)22/h9-10,17H,4-8H2,1-3H3. The van der Waals surface area contributed by atoms with Crippen molar-refractivity contribution in [3.05, 3.63) is 28.8 Å². The molecule has 0 aromatic heterocycles. The lowest BCUT2D eigenvalue weighted by molar-refractivity contribution is -0.128. The number of halogens is 2. The molecule has 1 aliphatic heterocycles. The zero-order valence-corrected chi connectivity index (χ0v) is 14.1. The minimum absolute atomic E-state index is 0.00416. The fourth-order valence-electron chi connectivity index (χ4n) is 2.97. The van der Waals surface area contributed by atoms with Gasteiger partial charge in [-0.2, -0.15) is 8.78 Å². The Morgan fingerprint density at radius 2 is 1.58 bits per heavy atom. The van der Waals surface area contributed by atoms with Gasteiger partial charge in [-0.25, -0.2) is 0 Å². The Labute approximate surface area is 140 Å². The van der Waals surface area contributed by atoms with E-state index in [-0.39, 0.29) is 17.6 Å². The summed E-state index contributed by atoms with van der Waals surface area (Å²) in [4.78, 5) is 27.6. The summed E-state index contributed by atoms with van der Waals surface area (Å²) in [5.74, 6) is -0.0418. The van der Waals surface area contributed by atoms with Crippen molar-refractivity contribution in [1.82, 2.24) is 9.80 Å². The highest BCUT2D eigenvalue weighted by Gasteiger charge is 2.22. The van der Waals surface area contributed by atoms with E-state index >= 15 is 0 Å². The number of aryl methyl sites for hydroxylation is 2. The number of benzene rings is 1. The molecule has 0 spiro atoms. The van der Waals surface area contributed by atoms with E-state index in [1.54, 1.807) is 35.8 Å². The summed E-state index contributed by atoms with van der Waals surface area (Å²) in [5, 5.41) is 0. The number of carbonyl (C=O) groups is 2. The van der Waals surface area contributed by atoms with E-state index in [0.29, 0.717) is 42.9 Å². The maximum Gasteiger partial charge on any atom is 0.387 e. The molecule has 132 valence electrons. The van der Waals surface area contributed by atoms with Crippen molar-refractivity contribution in [2.24, 2.45) is 0 Å². The number of hydrogen-bond donors (Lipinski definition) is 0. The lowest BCUT2D eigenvalue weighted by atomic mass is 10.0. The summed E-state index contributed by atoms with van der Waals surface area (Å²) in [5.41, 5.74) is 1.44. The van der Waals surface area contributed by atoms with Crippen molar-refractivity contribution >= 4 is 11.8 Å². The summed E-state index contributed by atoms with van der Waals surface area (Å²) in [6, 6.07) is 3.14. The molecular weight excluding hydrogens is 318 g/mol. The monoisotopic (exact) mass is 340 g/mol. The van der Waals surface area contributed by atoms with Crippen LogP contribution in [0.2, 0.25) is 0 Å². The molecule has 0 radical (unpaired) electrons. The number of hydrogen-bond acceptors (Lipinski definition) is 3. The van der Waals surface area contributed by atoms with Crippen LogP contribution in [-0.4, -0.2) is 54.4 Å². The highest BCUT2D eigenvalue weighted by molar-refractivity contribution is 5.95. The molecule has 1 saturated heterocycles. The molecular formula is C17H22F2N2O3. The number of ether oxygens (including phenoxy) is 1. The van der Waals surface area contributed by atoms with Crippen LogP contribution in [0.25, 0.3) is 0 Å². The lowest BCUT2D eigenvalue weighted by Crippen LogP contribution is -2.36. The van der Waals surface area contributed by atoms with Crippen LogP contribution in [0.15, 0.2) is 12.1 Å². The van der Waals surface area contributed by atoms with Crippen molar-refractivity contribution in [3.63, 3.8) is 0 Å². The van der Waals surface area contributed by atoms with Gasteiger partial charge in [0.15, 0.2) is 0 Å². The second-order valence-corrected chi connectivity index (χ2v) is 5.97. The largest absolute Gasteiger partial charge is 0.434 e. The highest BCUT2D eigenvalue weighted by Crippen LogP contribution is 2.27. The smallest absolute Gasteiger partial charge is 0.387 e. The summed E-state index contributed by atoms with van der Waals surface area (Å²) < 4.78 is 29.4. The van der Waals surface area contributed by atoms with E-state index in [1.165, 1.54) is 6.92 Å². The molecule has 0 bridgehead atoms. The molecule has 1 heterocycles. The predicted molar refractivity (Wildman–Crippen MR) is 85.3 cm³/mol. The van der Waals surface area contributed by atoms with Crippen LogP contribution >= 0.6 is 0 Å². The first-order valence-corrected chi connectivity index (χ1v) is 7.90. The maximum atomic E-state index is 12.7. The van der Waals surface area contributed by atoms with Gasteiger partial charge in [-0.05, 0) is 43.5 Å². The quantitative estimate of drug-likeness (QED) is 0.850. The van der Waals surface area contributed by atoms with Crippen LogP contribution in [0.1, 0.15) is 34.8 Å². The average molecular weight is 340 g/mol. The molecule has 2 amide bonds. The molecule has 1 fully saturated rings. The van der Waals surface area contributed by atoms with E-state index < -0.39 is 6.61 Å². The average Bonchev–Trinajstić information content (AvgIpc) is 2.75. The number of alkyl halides is 2. The number of carbonyl (C=O) groups excluding carboxylic acids is 2. The van der Waals surface area contributed by atoms with Crippen molar-refractivity contribution < 1.29 is 23.1 Å². The van der Waals surface area contributed by atoms with Gasteiger partial charge in [0, 0.05) is 38.7 Å². The molecule has 0 N–H and O–H groups in total. The first kappa shape index (κ1) is 18.2. The van der Waals surface area contributed by atoms with E-state index in [0.717, 1.165) is 6.42 Å². The summed E-state index contributed by atoms with van der Waals surface area (Å²) >= 11 is 0. The van der Waals surface area contributed by atoms with Gasteiger partial charge >= 0.3 is 6.61 Å². The van der Waals surface area contributed by atoms with Gasteiger partial charge in [0.2, 0.25) is 5.91 Å². The Morgan fingerprint density at radius 3 is 2.12 bits per heavy atom. The van der Waals surface area contributed by atoms with Crippen molar-refractivity contribution in [2.45, 2.75) is 33.8 Å².